The Labute approximate surface area is 110 Å². The van der Waals surface area contributed by atoms with Crippen LogP contribution in [-0.4, -0.2) is 0 Å². The maximum atomic E-state index is 13.5. The van der Waals surface area contributed by atoms with Crippen LogP contribution < -0.4 is 5.32 Å². The minimum Gasteiger partial charge on any atom is -0.378 e. The lowest BCUT2D eigenvalue weighted by Crippen LogP contribution is -2.05. The van der Waals surface area contributed by atoms with Gasteiger partial charge in [0.2, 0.25) is 0 Å². The van der Waals surface area contributed by atoms with Gasteiger partial charge in [-0.15, -0.1) is 0 Å². The molecule has 0 amide bonds. The average molecular weight is 265 g/mol. The summed E-state index contributed by atoms with van der Waals surface area (Å²) in [6, 6.07) is 7.90. The van der Waals surface area contributed by atoms with Gasteiger partial charge in [-0.2, -0.15) is 0 Å². The second kappa shape index (κ2) is 5.34. The van der Waals surface area contributed by atoms with Gasteiger partial charge in [-0.25, -0.2) is 13.2 Å². The van der Waals surface area contributed by atoms with E-state index in [9.17, 15) is 13.2 Å². The summed E-state index contributed by atoms with van der Waals surface area (Å²) in [5.74, 6) is -3.83. The Morgan fingerprint density at radius 1 is 0.947 bits per heavy atom. The third-order valence-corrected chi connectivity index (χ3v) is 3.22. The SMILES string of the molecule is Cc1cccc(CNc2ccc(F)c(F)c2F)c1C. The molecule has 0 aliphatic carbocycles. The van der Waals surface area contributed by atoms with E-state index in [2.05, 4.69) is 5.32 Å². The van der Waals surface area contributed by atoms with Crippen molar-refractivity contribution in [3.05, 3.63) is 64.5 Å². The fraction of sp³-hybridized carbons (Fsp3) is 0.200. The number of benzene rings is 2. The first-order chi connectivity index (χ1) is 9.00. The van der Waals surface area contributed by atoms with Crippen LogP contribution in [0, 0.1) is 31.3 Å². The molecule has 0 aliphatic heterocycles. The van der Waals surface area contributed by atoms with Gasteiger partial charge in [-0.05, 0) is 42.7 Å². The standard InChI is InChI=1S/C15H14F3N/c1-9-4-3-5-11(10(9)2)8-19-13-7-6-12(16)14(17)15(13)18/h3-7,19H,8H2,1-2H3. The first-order valence-electron chi connectivity index (χ1n) is 5.93. The van der Waals surface area contributed by atoms with E-state index in [1.807, 2.05) is 32.0 Å². The van der Waals surface area contributed by atoms with E-state index in [-0.39, 0.29) is 5.69 Å². The normalized spacial score (nSPS) is 10.6. The zero-order valence-corrected chi connectivity index (χ0v) is 10.7. The van der Waals surface area contributed by atoms with Gasteiger partial charge in [0.25, 0.3) is 0 Å². The zero-order valence-electron chi connectivity index (χ0n) is 10.7. The molecule has 100 valence electrons. The minimum absolute atomic E-state index is 0.0418. The maximum absolute atomic E-state index is 13.5. The Hall–Kier alpha value is -1.97. The quantitative estimate of drug-likeness (QED) is 0.814. The predicted molar refractivity (Wildman–Crippen MR) is 69.6 cm³/mol. The molecule has 0 unspecified atom stereocenters. The van der Waals surface area contributed by atoms with Gasteiger partial charge < -0.3 is 5.32 Å². The van der Waals surface area contributed by atoms with E-state index in [4.69, 9.17) is 0 Å². The first-order valence-corrected chi connectivity index (χ1v) is 5.93. The summed E-state index contributed by atoms with van der Waals surface area (Å²) in [7, 11) is 0. The largest absolute Gasteiger partial charge is 0.378 e. The van der Waals surface area contributed by atoms with E-state index < -0.39 is 17.5 Å². The van der Waals surface area contributed by atoms with Crippen LogP contribution in [0.3, 0.4) is 0 Å². The van der Waals surface area contributed by atoms with Crippen molar-refractivity contribution in [3.8, 4) is 0 Å². The Bertz CT molecular complexity index is 609. The van der Waals surface area contributed by atoms with E-state index in [1.54, 1.807) is 0 Å². The van der Waals surface area contributed by atoms with Crippen molar-refractivity contribution < 1.29 is 13.2 Å². The van der Waals surface area contributed by atoms with E-state index in [0.717, 1.165) is 22.8 Å². The summed E-state index contributed by atoms with van der Waals surface area (Å²) in [5, 5.41) is 2.78. The lowest BCUT2D eigenvalue weighted by Gasteiger charge is -2.11. The molecular formula is C15H14F3N. The van der Waals surface area contributed by atoms with Crippen molar-refractivity contribution in [2.75, 3.05) is 5.32 Å². The van der Waals surface area contributed by atoms with Crippen molar-refractivity contribution in [2.45, 2.75) is 20.4 Å². The summed E-state index contributed by atoms with van der Waals surface area (Å²) >= 11 is 0. The first kappa shape index (κ1) is 13.5. The second-order valence-corrected chi connectivity index (χ2v) is 4.44. The van der Waals surface area contributed by atoms with Crippen molar-refractivity contribution in [2.24, 2.45) is 0 Å². The molecule has 0 aromatic heterocycles. The summed E-state index contributed by atoms with van der Waals surface area (Å²) in [4.78, 5) is 0. The smallest absolute Gasteiger partial charge is 0.196 e. The minimum atomic E-state index is -1.45. The van der Waals surface area contributed by atoms with Gasteiger partial charge in [0.15, 0.2) is 17.5 Å². The number of aryl methyl sites for hydroxylation is 1. The van der Waals surface area contributed by atoms with Crippen molar-refractivity contribution >= 4 is 5.69 Å². The monoisotopic (exact) mass is 265 g/mol. The molecule has 0 bridgehead atoms. The molecule has 19 heavy (non-hydrogen) atoms. The number of halogens is 3. The number of anilines is 1. The highest BCUT2D eigenvalue weighted by Crippen LogP contribution is 2.21. The van der Waals surface area contributed by atoms with E-state index >= 15 is 0 Å². The molecule has 0 saturated heterocycles. The lowest BCUT2D eigenvalue weighted by atomic mass is 10.0. The van der Waals surface area contributed by atoms with Gasteiger partial charge in [-0.1, -0.05) is 18.2 Å². The number of nitrogens with one attached hydrogen (secondary N) is 1. The van der Waals surface area contributed by atoms with Crippen molar-refractivity contribution in [3.63, 3.8) is 0 Å². The number of hydrogen-bond acceptors (Lipinski definition) is 1. The molecule has 4 heteroatoms. The van der Waals surface area contributed by atoms with Gasteiger partial charge in [0, 0.05) is 6.54 Å². The van der Waals surface area contributed by atoms with Crippen LogP contribution in [-0.2, 0) is 6.54 Å². The third kappa shape index (κ3) is 2.72. The van der Waals surface area contributed by atoms with Gasteiger partial charge in [0.1, 0.15) is 0 Å². The van der Waals surface area contributed by atoms with Gasteiger partial charge in [-0.3, -0.25) is 0 Å². The Kier molecular flexibility index (Phi) is 3.79. The van der Waals surface area contributed by atoms with E-state index in [1.165, 1.54) is 6.07 Å². The molecule has 0 atom stereocenters. The average Bonchev–Trinajstić information content (AvgIpc) is 2.40. The van der Waals surface area contributed by atoms with E-state index in [0.29, 0.717) is 6.54 Å². The molecule has 0 radical (unpaired) electrons. The maximum Gasteiger partial charge on any atom is 0.196 e. The fourth-order valence-electron chi connectivity index (χ4n) is 1.86. The summed E-state index contributed by atoms with van der Waals surface area (Å²) < 4.78 is 39.3. The van der Waals surface area contributed by atoms with Gasteiger partial charge in [0.05, 0.1) is 5.69 Å². The molecule has 2 aromatic carbocycles. The van der Waals surface area contributed by atoms with Crippen LogP contribution in [0.2, 0.25) is 0 Å². The summed E-state index contributed by atoms with van der Waals surface area (Å²) in [6.07, 6.45) is 0. The molecule has 0 spiro atoms. The third-order valence-electron chi connectivity index (χ3n) is 3.22. The van der Waals surface area contributed by atoms with Crippen LogP contribution in [0.5, 0.6) is 0 Å². The molecule has 0 heterocycles. The van der Waals surface area contributed by atoms with Crippen LogP contribution in [0.15, 0.2) is 30.3 Å². The molecule has 1 nitrogen and oxygen atoms in total. The van der Waals surface area contributed by atoms with Crippen molar-refractivity contribution in [1.29, 1.82) is 0 Å². The highest BCUT2D eigenvalue weighted by molar-refractivity contribution is 5.46. The van der Waals surface area contributed by atoms with Crippen LogP contribution in [0.1, 0.15) is 16.7 Å². The Morgan fingerprint density at radius 3 is 2.42 bits per heavy atom. The molecule has 1 N–H and O–H groups in total. The fourth-order valence-corrected chi connectivity index (χ4v) is 1.86. The van der Waals surface area contributed by atoms with Gasteiger partial charge >= 0.3 is 0 Å². The lowest BCUT2D eigenvalue weighted by molar-refractivity contribution is 0.449. The molecular weight excluding hydrogens is 251 g/mol. The van der Waals surface area contributed by atoms with Crippen LogP contribution >= 0.6 is 0 Å². The zero-order chi connectivity index (χ0) is 14.0. The highest BCUT2D eigenvalue weighted by atomic mass is 19.2. The van der Waals surface area contributed by atoms with Crippen LogP contribution in [0.25, 0.3) is 0 Å². The summed E-state index contributed by atoms with van der Waals surface area (Å²) in [6.45, 7) is 4.31. The second-order valence-electron chi connectivity index (χ2n) is 4.44. The molecule has 0 fully saturated rings. The summed E-state index contributed by atoms with van der Waals surface area (Å²) in [5.41, 5.74) is 3.17. The molecule has 0 saturated carbocycles. The van der Waals surface area contributed by atoms with Crippen molar-refractivity contribution in [1.82, 2.24) is 0 Å². The number of hydrogen-bond donors (Lipinski definition) is 1. The molecule has 0 aliphatic rings. The Balaban J connectivity index is 2.20. The topological polar surface area (TPSA) is 12.0 Å². The number of rotatable bonds is 3. The Morgan fingerprint density at radius 2 is 1.68 bits per heavy atom. The highest BCUT2D eigenvalue weighted by Gasteiger charge is 2.13. The molecule has 2 rings (SSSR count). The van der Waals surface area contributed by atoms with Crippen LogP contribution in [0.4, 0.5) is 18.9 Å². The predicted octanol–water partition coefficient (Wildman–Crippen LogP) is 4.33. The molecule has 2 aromatic rings.